The summed E-state index contributed by atoms with van der Waals surface area (Å²) in [6, 6.07) is 9.30. The first-order valence-electron chi connectivity index (χ1n) is 10.9. The van der Waals surface area contributed by atoms with Gasteiger partial charge in [-0.25, -0.2) is 9.37 Å². The third-order valence-corrected chi connectivity index (χ3v) is 6.89. The average Bonchev–Trinajstić information content (AvgIpc) is 2.84. The molecule has 1 aliphatic rings. The van der Waals surface area contributed by atoms with Crippen LogP contribution in [0.5, 0.6) is 5.88 Å². The summed E-state index contributed by atoms with van der Waals surface area (Å²) in [6.45, 7) is 3.06. The van der Waals surface area contributed by atoms with Crippen molar-refractivity contribution in [2.45, 2.75) is 23.0 Å². The molecule has 0 saturated carbocycles. The summed E-state index contributed by atoms with van der Waals surface area (Å²) in [5, 5.41) is 9.62. The number of amides is 1. The molecule has 3 N–H and O–H groups in total. The van der Waals surface area contributed by atoms with Crippen molar-refractivity contribution < 1.29 is 19.0 Å². The summed E-state index contributed by atoms with van der Waals surface area (Å²) < 4.78 is 20.3. The zero-order chi connectivity index (χ0) is 24.9. The van der Waals surface area contributed by atoms with E-state index < -0.39 is 11.7 Å². The number of halogens is 2. The Morgan fingerprint density at radius 2 is 2.00 bits per heavy atom. The molecule has 0 bridgehead atoms. The van der Waals surface area contributed by atoms with Crippen molar-refractivity contribution in [3.8, 4) is 5.88 Å². The minimum absolute atomic E-state index is 0.0756. The molecule has 11 heteroatoms. The fourth-order valence-electron chi connectivity index (χ4n) is 3.55. The lowest BCUT2D eigenvalue weighted by atomic mass is 10.1. The highest BCUT2D eigenvalue weighted by atomic mass is 35.5. The molecule has 1 saturated heterocycles. The van der Waals surface area contributed by atoms with Gasteiger partial charge < -0.3 is 25.4 Å². The maximum Gasteiger partial charge on any atom is 0.250 e. The van der Waals surface area contributed by atoms with Gasteiger partial charge in [0.1, 0.15) is 12.4 Å². The van der Waals surface area contributed by atoms with Crippen molar-refractivity contribution >= 4 is 35.2 Å². The minimum atomic E-state index is -0.609. The van der Waals surface area contributed by atoms with Crippen molar-refractivity contribution in [3.63, 3.8) is 0 Å². The summed E-state index contributed by atoms with van der Waals surface area (Å²) in [5.41, 5.74) is 6.47. The molecule has 35 heavy (non-hydrogen) atoms. The average molecular weight is 518 g/mol. The summed E-state index contributed by atoms with van der Waals surface area (Å²) in [7, 11) is 2.07. The molecule has 8 nitrogen and oxygen atoms in total. The predicted molar refractivity (Wildman–Crippen MR) is 132 cm³/mol. The molecule has 2 aromatic carbocycles. The van der Waals surface area contributed by atoms with Gasteiger partial charge in [-0.05, 0) is 42.9 Å². The Morgan fingerprint density at radius 3 is 2.69 bits per heavy atom. The summed E-state index contributed by atoms with van der Waals surface area (Å²) in [4.78, 5) is 26.3. The fraction of sp³-hybridized carbons (Fsp3) is 0.292. The van der Waals surface area contributed by atoms with Crippen LogP contribution in [0.15, 0.2) is 52.4 Å². The van der Waals surface area contributed by atoms with Gasteiger partial charge in [0.05, 0.1) is 28.3 Å². The number of aliphatic hydroxyl groups excluding tert-OH is 1. The van der Waals surface area contributed by atoms with Crippen molar-refractivity contribution in [2.24, 2.45) is 5.73 Å². The number of ether oxygens (including phenoxy) is 1. The lowest BCUT2D eigenvalue weighted by Crippen LogP contribution is -2.45. The molecule has 0 radical (unpaired) electrons. The summed E-state index contributed by atoms with van der Waals surface area (Å²) in [5.74, 6) is -0.215. The van der Waals surface area contributed by atoms with E-state index in [0.717, 1.165) is 31.1 Å². The van der Waals surface area contributed by atoms with Crippen LogP contribution in [0.1, 0.15) is 21.5 Å². The largest absolute Gasteiger partial charge is 0.472 e. The second-order valence-electron chi connectivity index (χ2n) is 8.11. The Morgan fingerprint density at radius 1 is 1.23 bits per heavy atom. The first-order valence-corrected chi connectivity index (χ1v) is 12.1. The Labute approximate surface area is 211 Å². The molecule has 1 fully saturated rings. The number of hydrogen-bond donors (Lipinski definition) is 2. The SMILES string of the molecule is CN1CCN(c2ncc(Sc3ccc(C(N)=O)c(Cl)c3)c(OCc3cc(CO)ccc3F)n2)CC1. The fourth-order valence-corrected chi connectivity index (χ4v) is 4.75. The molecule has 3 aromatic rings. The molecule has 0 unspecified atom stereocenters. The van der Waals surface area contributed by atoms with Crippen LogP contribution in [-0.4, -0.2) is 59.1 Å². The van der Waals surface area contributed by atoms with Crippen LogP contribution in [0.3, 0.4) is 0 Å². The van der Waals surface area contributed by atoms with Crippen LogP contribution in [0.4, 0.5) is 10.3 Å². The van der Waals surface area contributed by atoms with Crippen molar-refractivity contribution in [3.05, 3.63) is 70.1 Å². The van der Waals surface area contributed by atoms with E-state index in [1.54, 1.807) is 30.5 Å². The van der Waals surface area contributed by atoms with Crippen LogP contribution in [0.25, 0.3) is 0 Å². The lowest BCUT2D eigenvalue weighted by molar-refractivity contribution is 0.100. The molecule has 1 aliphatic heterocycles. The highest BCUT2D eigenvalue weighted by Crippen LogP contribution is 2.36. The quantitative estimate of drug-likeness (QED) is 0.469. The number of rotatable bonds is 8. The number of primary amides is 1. The normalized spacial score (nSPS) is 14.2. The molecule has 1 aromatic heterocycles. The van der Waals surface area contributed by atoms with Crippen LogP contribution in [0.2, 0.25) is 5.02 Å². The second-order valence-corrected chi connectivity index (χ2v) is 9.63. The van der Waals surface area contributed by atoms with E-state index in [4.69, 9.17) is 22.1 Å². The van der Waals surface area contributed by atoms with Crippen molar-refractivity contribution in [1.29, 1.82) is 0 Å². The van der Waals surface area contributed by atoms with Gasteiger partial charge in [-0.2, -0.15) is 4.98 Å². The highest BCUT2D eigenvalue weighted by Gasteiger charge is 2.20. The summed E-state index contributed by atoms with van der Waals surface area (Å²) in [6.07, 6.45) is 1.66. The van der Waals surface area contributed by atoms with Gasteiger partial charge in [0, 0.05) is 36.6 Å². The first kappa shape index (κ1) is 25.2. The van der Waals surface area contributed by atoms with Gasteiger partial charge in [0.15, 0.2) is 0 Å². The number of aliphatic hydroxyl groups is 1. The molecule has 0 spiro atoms. The maximum absolute atomic E-state index is 14.3. The Balaban J connectivity index is 1.62. The van der Waals surface area contributed by atoms with Gasteiger partial charge in [-0.3, -0.25) is 4.79 Å². The van der Waals surface area contributed by atoms with Crippen molar-refractivity contribution in [2.75, 3.05) is 38.1 Å². The van der Waals surface area contributed by atoms with E-state index in [2.05, 4.69) is 26.8 Å². The number of benzene rings is 2. The molecule has 184 valence electrons. The molecule has 1 amide bonds. The zero-order valence-corrected chi connectivity index (χ0v) is 20.7. The second kappa shape index (κ2) is 11.2. The number of nitrogens with two attached hydrogens (primary N) is 1. The van der Waals surface area contributed by atoms with Crippen LogP contribution >= 0.6 is 23.4 Å². The Hall–Kier alpha value is -2.92. The van der Waals surface area contributed by atoms with Gasteiger partial charge in [0.2, 0.25) is 17.7 Å². The van der Waals surface area contributed by atoms with Crippen LogP contribution < -0.4 is 15.4 Å². The molecular formula is C24H25ClFN5O3S. The number of anilines is 1. The number of carbonyl (C=O) groups excluding carboxylic acids is 1. The zero-order valence-electron chi connectivity index (χ0n) is 19.1. The van der Waals surface area contributed by atoms with Gasteiger partial charge in [0.25, 0.3) is 0 Å². The van der Waals surface area contributed by atoms with E-state index in [9.17, 15) is 14.3 Å². The lowest BCUT2D eigenvalue weighted by Gasteiger charge is -2.32. The van der Waals surface area contributed by atoms with Gasteiger partial charge >= 0.3 is 0 Å². The third-order valence-electron chi connectivity index (χ3n) is 5.59. The van der Waals surface area contributed by atoms with Crippen molar-refractivity contribution in [1.82, 2.24) is 14.9 Å². The molecule has 0 aliphatic carbocycles. The van der Waals surface area contributed by atoms with Crippen LogP contribution in [-0.2, 0) is 13.2 Å². The van der Waals surface area contributed by atoms with Gasteiger partial charge in [-0.1, -0.05) is 29.4 Å². The first-order chi connectivity index (χ1) is 16.8. The standard InChI is InChI=1S/C24H25ClFN5O3S/c1-30-6-8-31(9-7-30)24-28-12-21(35-17-3-4-18(22(27)33)19(25)11-17)23(29-24)34-14-16-10-15(13-32)2-5-20(16)26/h2-5,10-12,32H,6-9,13-14H2,1H3,(H2,27,33). The number of aromatic nitrogens is 2. The molecule has 0 atom stereocenters. The summed E-state index contributed by atoms with van der Waals surface area (Å²) >= 11 is 7.51. The Kier molecular flexibility index (Phi) is 8.07. The van der Waals surface area contributed by atoms with Crippen LogP contribution in [0, 0.1) is 5.82 Å². The highest BCUT2D eigenvalue weighted by molar-refractivity contribution is 7.99. The number of carbonyl (C=O) groups is 1. The van der Waals surface area contributed by atoms with E-state index in [-0.39, 0.29) is 23.8 Å². The third kappa shape index (κ3) is 6.21. The monoisotopic (exact) mass is 517 g/mol. The molecular weight excluding hydrogens is 493 g/mol. The van der Waals surface area contributed by atoms with E-state index in [0.29, 0.717) is 27.9 Å². The van der Waals surface area contributed by atoms with E-state index in [1.165, 1.54) is 23.9 Å². The van der Waals surface area contributed by atoms with E-state index >= 15 is 0 Å². The number of piperazine rings is 1. The smallest absolute Gasteiger partial charge is 0.250 e. The number of hydrogen-bond acceptors (Lipinski definition) is 8. The Bertz CT molecular complexity index is 1220. The maximum atomic E-state index is 14.3. The molecule has 4 rings (SSSR count). The van der Waals surface area contributed by atoms with Gasteiger partial charge in [-0.15, -0.1) is 0 Å². The topological polar surface area (TPSA) is 105 Å². The van der Waals surface area contributed by atoms with E-state index in [1.807, 2.05) is 0 Å². The minimum Gasteiger partial charge on any atom is -0.472 e. The molecule has 2 heterocycles. The number of likely N-dealkylation sites (N-methyl/N-ethyl adjacent to an activating group) is 1. The number of nitrogens with zero attached hydrogens (tertiary/aromatic N) is 4. The predicted octanol–water partition coefficient (Wildman–Crippen LogP) is 3.34.